The Balaban J connectivity index is 2.51. The molecule has 0 saturated carbocycles. The number of rotatable bonds is 0. The molecule has 0 aromatic heterocycles. The third-order valence-corrected chi connectivity index (χ3v) is 2.50. The van der Waals surface area contributed by atoms with E-state index in [-0.39, 0.29) is 11.4 Å². The summed E-state index contributed by atoms with van der Waals surface area (Å²) in [6, 6.07) is 5.16. The molecule has 0 spiro atoms. The molecule has 76 valence electrons. The predicted octanol–water partition coefficient (Wildman–Crippen LogP) is 2.47. The van der Waals surface area contributed by atoms with Crippen LogP contribution >= 0.6 is 0 Å². The Bertz CT molecular complexity index is 360. The van der Waals surface area contributed by atoms with E-state index in [1.54, 1.807) is 6.07 Å². The smallest absolute Gasteiger partial charge is 0.148 e. The van der Waals surface area contributed by atoms with Crippen molar-refractivity contribution in [3.8, 4) is 0 Å². The molecular weight excluding hydrogens is 179 g/mol. The molecular formula is C11H15FN2. The number of hydrogen-bond acceptors (Lipinski definition) is 2. The Kier molecular flexibility index (Phi) is 1.91. The van der Waals surface area contributed by atoms with E-state index in [1.807, 2.05) is 13.1 Å². The quantitative estimate of drug-likeness (QED) is 0.682. The zero-order valence-corrected chi connectivity index (χ0v) is 8.76. The minimum Gasteiger partial charge on any atom is -0.374 e. The highest BCUT2D eigenvalue weighted by molar-refractivity contribution is 5.73. The van der Waals surface area contributed by atoms with Gasteiger partial charge in [0.25, 0.3) is 0 Å². The van der Waals surface area contributed by atoms with Crippen LogP contribution in [0.1, 0.15) is 13.8 Å². The predicted molar refractivity (Wildman–Crippen MR) is 57.4 cm³/mol. The molecule has 1 aliphatic rings. The molecule has 14 heavy (non-hydrogen) atoms. The molecule has 0 amide bonds. The van der Waals surface area contributed by atoms with E-state index in [1.165, 1.54) is 6.07 Å². The van der Waals surface area contributed by atoms with Gasteiger partial charge in [-0.3, -0.25) is 0 Å². The zero-order valence-electron chi connectivity index (χ0n) is 8.76. The van der Waals surface area contributed by atoms with Crippen LogP contribution in [0.5, 0.6) is 0 Å². The number of para-hydroxylation sites is 1. The van der Waals surface area contributed by atoms with Crippen LogP contribution in [0.15, 0.2) is 18.2 Å². The summed E-state index contributed by atoms with van der Waals surface area (Å²) in [5.74, 6) is -0.179. The Hall–Kier alpha value is -1.25. The standard InChI is InChI=1S/C11H15FN2/c1-11(2)7-14(3)9-6-4-5-8(12)10(9)13-11/h4-6,13H,7H2,1-3H3. The summed E-state index contributed by atoms with van der Waals surface area (Å²) in [6.45, 7) is 5.02. The van der Waals surface area contributed by atoms with Gasteiger partial charge >= 0.3 is 0 Å². The number of benzene rings is 1. The SMILES string of the molecule is CN1CC(C)(C)Nc2c(F)cccc21. The van der Waals surface area contributed by atoms with Crippen molar-refractivity contribution in [2.24, 2.45) is 0 Å². The molecule has 0 bridgehead atoms. The van der Waals surface area contributed by atoms with Crippen molar-refractivity contribution in [1.29, 1.82) is 0 Å². The molecule has 1 N–H and O–H groups in total. The number of halogens is 1. The van der Waals surface area contributed by atoms with Gasteiger partial charge in [0.1, 0.15) is 5.82 Å². The van der Waals surface area contributed by atoms with Gasteiger partial charge in [-0.1, -0.05) is 6.07 Å². The summed E-state index contributed by atoms with van der Waals surface area (Å²) in [5.41, 5.74) is 1.47. The maximum Gasteiger partial charge on any atom is 0.148 e. The second-order valence-electron chi connectivity index (χ2n) is 4.50. The van der Waals surface area contributed by atoms with Gasteiger partial charge in [-0.15, -0.1) is 0 Å². The van der Waals surface area contributed by atoms with Gasteiger partial charge in [0.15, 0.2) is 0 Å². The lowest BCUT2D eigenvalue weighted by molar-refractivity contribution is 0.535. The van der Waals surface area contributed by atoms with Crippen LogP contribution in [0.25, 0.3) is 0 Å². The molecule has 1 aromatic rings. The topological polar surface area (TPSA) is 15.3 Å². The van der Waals surface area contributed by atoms with E-state index in [9.17, 15) is 4.39 Å². The molecule has 0 fully saturated rings. The maximum atomic E-state index is 13.5. The van der Waals surface area contributed by atoms with Crippen LogP contribution < -0.4 is 10.2 Å². The molecule has 1 heterocycles. The number of likely N-dealkylation sites (N-methyl/N-ethyl adjacent to an activating group) is 1. The summed E-state index contributed by atoms with van der Waals surface area (Å²) >= 11 is 0. The third-order valence-electron chi connectivity index (χ3n) is 2.50. The number of nitrogens with one attached hydrogen (secondary N) is 1. The highest BCUT2D eigenvalue weighted by atomic mass is 19.1. The first-order valence-corrected chi connectivity index (χ1v) is 4.77. The van der Waals surface area contributed by atoms with Gasteiger partial charge in [0, 0.05) is 19.1 Å². The molecule has 0 aliphatic carbocycles. The molecule has 0 saturated heterocycles. The lowest BCUT2D eigenvalue weighted by Gasteiger charge is -2.40. The lowest BCUT2D eigenvalue weighted by atomic mass is 10.00. The van der Waals surface area contributed by atoms with Crippen LogP contribution in [-0.2, 0) is 0 Å². The normalized spacial score (nSPS) is 18.7. The van der Waals surface area contributed by atoms with Gasteiger partial charge in [0.05, 0.1) is 11.4 Å². The second-order valence-corrected chi connectivity index (χ2v) is 4.50. The van der Waals surface area contributed by atoms with E-state index in [4.69, 9.17) is 0 Å². The fraction of sp³-hybridized carbons (Fsp3) is 0.455. The van der Waals surface area contributed by atoms with Crippen LogP contribution in [0.2, 0.25) is 0 Å². The van der Waals surface area contributed by atoms with Gasteiger partial charge in [0.2, 0.25) is 0 Å². The number of nitrogens with zero attached hydrogens (tertiary/aromatic N) is 1. The van der Waals surface area contributed by atoms with E-state index >= 15 is 0 Å². The summed E-state index contributed by atoms with van der Waals surface area (Å²) in [4.78, 5) is 2.08. The van der Waals surface area contributed by atoms with Gasteiger partial charge < -0.3 is 10.2 Å². The molecule has 1 aliphatic heterocycles. The number of hydrogen-bond donors (Lipinski definition) is 1. The second kappa shape index (κ2) is 2.87. The average molecular weight is 194 g/mol. The average Bonchev–Trinajstić information content (AvgIpc) is 2.05. The fourth-order valence-electron chi connectivity index (χ4n) is 2.01. The van der Waals surface area contributed by atoms with Crippen molar-refractivity contribution < 1.29 is 4.39 Å². The Morgan fingerprint density at radius 3 is 2.86 bits per heavy atom. The lowest BCUT2D eigenvalue weighted by Crippen LogP contribution is -2.47. The molecule has 1 aromatic carbocycles. The Morgan fingerprint density at radius 1 is 1.43 bits per heavy atom. The van der Waals surface area contributed by atoms with Crippen LogP contribution in [0, 0.1) is 5.82 Å². The highest BCUT2D eigenvalue weighted by Crippen LogP contribution is 2.35. The minimum atomic E-state index is -0.179. The van der Waals surface area contributed by atoms with Crippen molar-refractivity contribution in [3.63, 3.8) is 0 Å². The van der Waals surface area contributed by atoms with Crippen LogP contribution in [-0.4, -0.2) is 19.1 Å². The van der Waals surface area contributed by atoms with Gasteiger partial charge in [-0.25, -0.2) is 4.39 Å². The van der Waals surface area contributed by atoms with Crippen molar-refractivity contribution in [2.45, 2.75) is 19.4 Å². The molecule has 0 unspecified atom stereocenters. The first kappa shape index (κ1) is 9.31. The first-order chi connectivity index (χ1) is 6.49. The van der Waals surface area contributed by atoms with Crippen molar-refractivity contribution in [3.05, 3.63) is 24.0 Å². The van der Waals surface area contributed by atoms with Gasteiger partial charge in [-0.05, 0) is 26.0 Å². The third kappa shape index (κ3) is 1.43. The number of fused-ring (bicyclic) bond motifs is 1. The Morgan fingerprint density at radius 2 is 2.14 bits per heavy atom. The maximum absolute atomic E-state index is 13.5. The van der Waals surface area contributed by atoms with E-state index in [0.717, 1.165) is 12.2 Å². The monoisotopic (exact) mass is 194 g/mol. The zero-order chi connectivity index (χ0) is 10.3. The van der Waals surface area contributed by atoms with Crippen LogP contribution in [0.3, 0.4) is 0 Å². The summed E-state index contributed by atoms with van der Waals surface area (Å²) < 4.78 is 13.5. The molecule has 0 atom stereocenters. The molecule has 0 radical (unpaired) electrons. The van der Waals surface area contributed by atoms with Crippen molar-refractivity contribution in [1.82, 2.24) is 0 Å². The molecule has 3 heteroatoms. The molecule has 2 rings (SSSR count). The van der Waals surface area contributed by atoms with Crippen LogP contribution in [0.4, 0.5) is 15.8 Å². The fourth-order valence-corrected chi connectivity index (χ4v) is 2.01. The summed E-state index contributed by atoms with van der Waals surface area (Å²) in [7, 11) is 1.99. The van der Waals surface area contributed by atoms with E-state index < -0.39 is 0 Å². The molecule has 2 nitrogen and oxygen atoms in total. The summed E-state index contributed by atoms with van der Waals surface area (Å²) in [5, 5.41) is 3.22. The first-order valence-electron chi connectivity index (χ1n) is 4.77. The van der Waals surface area contributed by atoms with Crippen molar-refractivity contribution in [2.75, 3.05) is 23.8 Å². The van der Waals surface area contributed by atoms with E-state index in [2.05, 4.69) is 24.1 Å². The largest absolute Gasteiger partial charge is 0.374 e. The summed E-state index contributed by atoms with van der Waals surface area (Å²) in [6.07, 6.45) is 0. The van der Waals surface area contributed by atoms with Gasteiger partial charge in [-0.2, -0.15) is 0 Å². The Labute approximate surface area is 83.7 Å². The minimum absolute atomic E-state index is 0.0794. The highest BCUT2D eigenvalue weighted by Gasteiger charge is 2.28. The number of anilines is 2. The van der Waals surface area contributed by atoms with E-state index in [0.29, 0.717) is 5.69 Å². The van der Waals surface area contributed by atoms with Crippen molar-refractivity contribution >= 4 is 11.4 Å².